The number of halogens is 6. The molecule has 0 atom stereocenters. The molecule has 0 saturated heterocycles. The second-order valence-electron chi connectivity index (χ2n) is 27.9. The van der Waals surface area contributed by atoms with Crippen molar-refractivity contribution in [1.29, 1.82) is 0 Å². The fourth-order valence-electron chi connectivity index (χ4n) is 13.3. The molecule has 3 radical (unpaired) electrons. The number of alkyl halides is 1. The summed E-state index contributed by atoms with van der Waals surface area (Å²) < 4.78 is 48.4. The molecule has 0 unspecified atom stereocenters. The first-order valence-corrected chi connectivity index (χ1v) is 44.9. The molecule has 0 fully saturated rings. The molecule has 15 rings (SSSR count). The van der Waals surface area contributed by atoms with Crippen LogP contribution in [0.15, 0.2) is 261 Å². The minimum atomic E-state index is -1.40. The number of carbonyl (C=O) groups is 5. The van der Waals surface area contributed by atoms with Crippen LogP contribution < -0.4 is 93.7 Å². The number of fused-ring (bicyclic) bond motifs is 5. The molecule has 0 aliphatic heterocycles. The molecule has 0 aliphatic rings. The van der Waals surface area contributed by atoms with Crippen LogP contribution in [-0.2, 0) is 118 Å². The van der Waals surface area contributed by atoms with E-state index in [1.165, 1.54) is 19.7 Å². The minimum Gasteiger partial charge on any atom is -1.00 e. The van der Waals surface area contributed by atoms with Crippen molar-refractivity contribution in [3.8, 4) is 28.4 Å². The number of phenols is 1. The summed E-state index contributed by atoms with van der Waals surface area (Å²) in [6.45, 7) is 8.32. The largest absolute Gasteiger partial charge is 1.00 e. The van der Waals surface area contributed by atoms with Gasteiger partial charge in [0, 0.05) is 148 Å². The van der Waals surface area contributed by atoms with Gasteiger partial charge in [0.2, 0.25) is 0 Å². The average Bonchev–Trinajstić information content (AvgIpc) is 1.67. The number of hydrogen-bond donors (Lipinski definition) is 7. The summed E-state index contributed by atoms with van der Waals surface area (Å²) in [7, 11) is 9.40. The number of nitrogens with two attached hydrogens (primary N) is 2. The van der Waals surface area contributed by atoms with Gasteiger partial charge in [0.05, 0.1) is 98.6 Å². The summed E-state index contributed by atoms with van der Waals surface area (Å²) >= 11 is 16.1. The van der Waals surface area contributed by atoms with Crippen LogP contribution in [0.4, 0.5) is 0 Å². The monoisotopic (exact) mass is 2160 g/mol. The van der Waals surface area contributed by atoms with Gasteiger partial charge in [-0.3, -0.25) is 14.4 Å². The maximum atomic E-state index is 12.0. The van der Waals surface area contributed by atoms with E-state index in [0.717, 1.165) is 117 Å². The number of H-pyrrole nitrogens is 1. The van der Waals surface area contributed by atoms with Crippen LogP contribution in [-0.4, -0.2) is 133 Å². The summed E-state index contributed by atoms with van der Waals surface area (Å²) in [5.74, 6) is 0.0818. The summed E-state index contributed by atoms with van der Waals surface area (Å²) in [5.41, 5.74) is 27.9. The van der Waals surface area contributed by atoms with Crippen LogP contribution in [0.25, 0.3) is 65.6 Å². The van der Waals surface area contributed by atoms with Crippen LogP contribution in [0, 0.1) is 0 Å². The number of esters is 5. The third-order valence-electron chi connectivity index (χ3n) is 19.2. The van der Waals surface area contributed by atoms with Gasteiger partial charge in [-0.25, -0.2) is 9.59 Å². The van der Waals surface area contributed by atoms with Crippen molar-refractivity contribution in [3.05, 3.63) is 317 Å². The summed E-state index contributed by atoms with van der Waals surface area (Å²) in [6, 6.07) is 66.8. The standard InChI is InChI=1S/C27H28N2O3.C20H20BrNO3.C11H10BrNO2.C10H8BrNO2.C10H10BrNO.C10H12O3.C7H10BNO2.CH3I.B.ClH.2Li.Na.H2O.2H/c1-3-31-26(30)16-22-8-4-5-10-25(22)32-18-20-14-23-11-12-29(2)27(23)24(15-20)21-9-6-7-19(13-21)17-28;1-3-24-19(23)12-15-6-4-5-7-18(15)25-13-14-10-16-8-9-22(2)20(16)17(21)11-14;1-13-4-3-7-5-8(11(14)15-2)6-9(12)10(7)13;1-14-10(13)7-4-6-2-3-12-9(6)8(11)5-7;1-12-3-2-8-4-7(6-13)5-9(11)10(8)12;1-2-13-10(12)7-8-5-3-4-6-9(8)11;9-5-6-2-1-3-7(4-6)8(10)11;1-2;;;;;;;;/h4-15H,3,16-18,28H2,1-2H3;4-11H,3,12-13H2,1-2H3;3-6H,1-2H3;2-5,12H,1H3;2-5,13H,6H2,1H3;3-6,11H,2,7H2,1H3;1-4,10-11H,5,9H2;1H3;;1H;;;;1H2;;/q;;;;;;;;;;3*+1;;2*-1/p-1. The van der Waals surface area contributed by atoms with Crippen molar-refractivity contribution in [2.45, 2.75) is 72.9 Å². The maximum Gasteiger partial charge on any atom is 1.00 e. The number of hydrogen-bond acceptors (Lipinski definition) is 19. The van der Waals surface area contributed by atoms with Crippen LogP contribution >= 0.6 is 98.7 Å². The molecule has 15 aromatic rings. The number of aliphatic hydroxyl groups is 1. The van der Waals surface area contributed by atoms with Gasteiger partial charge in [0.15, 0.2) is 0 Å². The maximum absolute atomic E-state index is 12.0. The van der Waals surface area contributed by atoms with Crippen molar-refractivity contribution in [1.82, 2.24) is 23.3 Å². The van der Waals surface area contributed by atoms with Crippen LogP contribution in [0.3, 0.4) is 0 Å². The topological polar surface area (TPSA) is 348 Å². The number of rotatable bonds is 22. The molecule has 10 N–H and O–H groups in total. The molecule has 0 saturated carbocycles. The van der Waals surface area contributed by atoms with Gasteiger partial charge in [0.25, 0.3) is 0 Å². The number of aliphatic hydroxyl groups excluding tert-OH is 1. The molecule has 131 heavy (non-hydrogen) atoms. The Balaban J connectivity index is 0.00000156. The zero-order valence-electron chi connectivity index (χ0n) is 77.4. The number of aromatic nitrogens is 5. The molecule has 5 aromatic heterocycles. The molecule has 677 valence electrons. The first kappa shape index (κ1) is 119. The van der Waals surface area contributed by atoms with Gasteiger partial charge < -0.3 is 96.5 Å². The van der Waals surface area contributed by atoms with E-state index in [0.29, 0.717) is 79.8 Å². The Kier molecular flexibility index (Phi) is 55.1. The SMILES string of the molecule is CCOC(=O)Cc1ccccc1O.CCOC(=O)Cc1ccccc1OCc1cc(-c2cccc(CN)c2)c2c(ccn2C)c1.CCOC(=O)Cc1ccccc1OCc1cc(Br)c2c(ccn2C)c1.CI.COC(=O)c1cc(Br)c2[nH]ccc2c1.COC(=O)c1cc(Br)c2c(ccn2C)c1.Cl.Cn1ccc2cc(CO)cc(Br)c21.NCc1cccc(B(O)O)c1.[B].[H-].[H-].[Li+].[Li+].[Na+].[OH-]. The number of aromatic hydroxyl groups is 1. The van der Waals surface area contributed by atoms with Crippen LogP contribution in [0.2, 0.25) is 0 Å². The van der Waals surface area contributed by atoms with Gasteiger partial charge in [-0.15, -0.1) is 12.4 Å². The molecular formula is C96H105B2Br4ClILi2N7NaO17. The second-order valence-corrected chi connectivity index (χ2v) is 31.3. The number of ether oxygens (including phenoxy) is 7. The van der Waals surface area contributed by atoms with Crippen LogP contribution in [0.5, 0.6) is 17.2 Å². The summed E-state index contributed by atoms with van der Waals surface area (Å²) in [4.78, 5) is 62.4. The van der Waals surface area contributed by atoms with E-state index in [1.54, 1.807) is 81.4 Å². The van der Waals surface area contributed by atoms with Gasteiger partial charge in [-0.1, -0.05) is 120 Å². The zero-order chi connectivity index (χ0) is 90.8. The summed E-state index contributed by atoms with van der Waals surface area (Å²) in [5, 5.41) is 41.3. The number of aromatic amines is 1. The van der Waals surface area contributed by atoms with E-state index in [1.807, 2.05) is 159 Å². The predicted molar refractivity (Wildman–Crippen MR) is 535 cm³/mol. The molecule has 0 bridgehead atoms. The van der Waals surface area contributed by atoms with Gasteiger partial charge in [0.1, 0.15) is 30.5 Å². The Labute approximate surface area is 868 Å². The van der Waals surface area contributed by atoms with Crippen LogP contribution in [0.1, 0.15) is 88.8 Å². The van der Waals surface area contributed by atoms with E-state index >= 15 is 0 Å². The Morgan fingerprint density at radius 3 is 1.29 bits per heavy atom. The number of aryl methyl sites for hydroxylation is 4. The third-order valence-corrected chi connectivity index (χ3v) is 21.6. The number of para-hydroxylation sites is 3. The first-order chi connectivity index (χ1) is 60.2. The number of nitrogens with zero attached hydrogens (tertiary/aromatic N) is 4. The quantitative estimate of drug-likeness (QED) is 0.0109. The molecule has 10 aromatic carbocycles. The summed E-state index contributed by atoms with van der Waals surface area (Å²) in [6.07, 6.45) is 10.4. The minimum absolute atomic E-state index is 0. The van der Waals surface area contributed by atoms with E-state index in [-0.39, 0.29) is 158 Å². The fourth-order valence-corrected chi connectivity index (χ4v) is 16.2. The second kappa shape index (κ2) is 60.8. The number of benzene rings is 10. The Bertz CT molecular complexity index is 6180. The van der Waals surface area contributed by atoms with Crippen molar-refractivity contribution in [3.63, 3.8) is 0 Å². The Hall–Kier alpha value is -8.33. The smallest absolute Gasteiger partial charge is 1.00 e. The third kappa shape index (κ3) is 34.8. The van der Waals surface area contributed by atoms with Gasteiger partial charge >= 0.3 is 104 Å². The molecule has 0 amide bonds. The molecule has 0 aliphatic carbocycles. The molecule has 5 heterocycles. The predicted octanol–water partition coefficient (Wildman–Crippen LogP) is 9.97. The zero-order valence-corrected chi connectivity index (χ0v) is 86.7. The Morgan fingerprint density at radius 1 is 0.458 bits per heavy atom. The first-order valence-electron chi connectivity index (χ1n) is 39.5. The Morgan fingerprint density at radius 2 is 0.840 bits per heavy atom. The van der Waals surface area contributed by atoms with E-state index in [9.17, 15) is 29.1 Å². The normalized spacial score (nSPS) is 9.98. The number of carbonyl (C=O) groups excluding carboxylic acids is 5. The molecule has 24 nitrogen and oxygen atoms in total. The van der Waals surface area contributed by atoms with Gasteiger partial charge in [-0.05, 0) is 244 Å². The van der Waals surface area contributed by atoms with Crippen molar-refractivity contribution < 1.29 is 153 Å². The number of phenolic OH excluding ortho intramolecular Hbond substituents is 1. The average molecular weight is 2170 g/mol. The molecule has 0 spiro atoms. The molecule has 35 heteroatoms. The van der Waals surface area contributed by atoms with Crippen molar-refractivity contribution >= 4 is 204 Å². The fraction of sp³-hybridized carbons (Fsp3) is 0.219. The van der Waals surface area contributed by atoms with E-state index in [2.05, 4.69) is 176 Å². The number of nitrogens with one attached hydrogen (secondary N) is 1. The molecular weight excluding hydrogens is 2060 g/mol. The van der Waals surface area contributed by atoms with E-state index < -0.39 is 7.12 Å². The van der Waals surface area contributed by atoms with Crippen molar-refractivity contribution in [2.75, 3.05) is 39.0 Å². The number of methoxy groups -OCH3 is 2. The van der Waals surface area contributed by atoms with E-state index in [4.69, 9.17) is 50.3 Å². The van der Waals surface area contributed by atoms with Crippen molar-refractivity contribution in [2.24, 2.45) is 39.7 Å². The van der Waals surface area contributed by atoms with Gasteiger partial charge in [-0.2, -0.15) is 0 Å².